The molecule has 1 atom stereocenters. The Labute approximate surface area is 183 Å². The quantitative estimate of drug-likeness (QED) is 0.507. The molecular formula is C20H20ClFN4O2S2. The van der Waals surface area contributed by atoms with E-state index < -0.39 is 20.7 Å². The molecule has 2 aromatic carbocycles. The van der Waals surface area contributed by atoms with Crippen LogP contribution in [-0.4, -0.2) is 37.9 Å². The van der Waals surface area contributed by atoms with Gasteiger partial charge in [-0.05, 0) is 37.2 Å². The number of anilines is 2. The summed E-state index contributed by atoms with van der Waals surface area (Å²) in [4.78, 5) is 5.64. The van der Waals surface area contributed by atoms with Gasteiger partial charge in [-0.1, -0.05) is 41.9 Å². The highest BCUT2D eigenvalue weighted by molar-refractivity contribution is 7.93. The third-order valence-corrected chi connectivity index (χ3v) is 7.37. The molecule has 30 heavy (non-hydrogen) atoms. The summed E-state index contributed by atoms with van der Waals surface area (Å²) < 4.78 is 42.2. The molecule has 0 radical (unpaired) electrons. The van der Waals surface area contributed by atoms with Gasteiger partial charge in [0.25, 0.3) is 10.0 Å². The van der Waals surface area contributed by atoms with Gasteiger partial charge in [-0.15, -0.1) is 11.3 Å². The van der Waals surface area contributed by atoms with Gasteiger partial charge in [-0.2, -0.15) is 0 Å². The van der Waals surface area contributed by atoms with Gasteiger partial charge in [0, 0.05) is 18.1 Å². The topological polar surface area (TPSA) is 74.3 Å². The molecule has 0 saturated carbocycles. The summed E-state index contributed by atoms with van der Waals surface area (Å²) in [5, 5.41) is 5.19. The first-order valence-corrected chi connectivity index (χ1v) is 12.1. The van der Waals surface area contributed by atoms with Crippen LogP contribution >= 0.6 is 22.9 Å². The Morgan fingerprint density at radius 1 is 1.23 bits per heavy atom. The Balaban J connectivity index is 1.60. The lowest BCUT2D eigenvalue weighted by Crippen LogP contribution is -2.41. The maximum atomic E-state index is 14.8. The molecule has 6 nitrogen and oxygen atoms in total. The zero-order valence-electron chi connectivity index (χ0n) is 15.9. The molecular weight excluding hydrogens is 447 g/mol. The van der Waals surface area contributed by atoms with E-state index in [0.717, 1.165) is 55.1 Å². The van der Waals surface area contributed by atoms with Crippen molar-refractivity contribution in [3.05, 3.63) is 70.4 Å². The molecule has 10 heteroatoms. The van der Waals surface area contributed by atoms with Crippen molar-refractivity contribution in [2.75, 3.05) is 29.7 Å². The average Bonchev–Trinajstić information content (AvgIpc) is 3.18. The van der Waals surface area contributed by atoms with Crippen LogP contribution in [0, 0.1) is 5.82 Å². The van der Waals surface area contributed by atoms with Gasteiger partial charge >= 0.3 is 0 Å². The fourth-order valence-corrected chi connectivity index (χ4v) is 5.38. The van der Waals surface area contributed by atoms with Crippen molar-refractivity contribution in [3.63, 3.8) is 0 Å². The van der Waals surface area contributed by atoms with Gasteiger partial charge in [-0.25, -0.2) is 17.8 Å². The summed E-state index contributed by atoms with van der Waals surface area (Å²) in [6, 6.07) is 12.0. The van der Waals surface area contributed by atoms with Crippen molar-refractivity contribution >= 4 is 43.8 Å². The van der Waals surface area contributed by atoms with Crippen molar-refractivity contribution in [3.8, 4) is 0 Å². The number of nitrogens with one attached hydrogen (secondary N) is 2. The Hall–Kier alpha value is -2.20. The number of nitrogens with zero attached hydrogens (tertiary/aromatic N) is 2. The molecule has 0 aliphatic carbocycles. The molecule has 1 aliphatic heterocycles. The largest absolute Gasteiger partial charge is 0.376 e. The molecule has 2 heterocycles. The van der Waals surface area contributed by atoms with E-state index in [1.165, 1.54) is 6.20 Å². The molecule has 3 aromatic rings. The zero-order chi connectivity index (χ0) is 21.1. The van der Waals surface area contributed by atoms with E-state index in [0.29, 0.717) is 5.69 Å². The summed E-state index contributed by atoms with van der Waals surface area (Å²) in [6.45, 7) is 2.78. The number of sulfonamides is 1. The van der Waals surface area contributed by atoms with E-state index >= 15 is 0 Å². The Morgan fingerprint density at radius 3 is 2.63 bits per heavy atom. The minimum Gasteiger partial charge on any atom is -0.376 e. The van der Waals surface area contributed by atoms with Crippen LogP contribution in [0.4, 0.5) is 15.2 Å². The third-order valence-electron chi connectivity index (χ3n) is 4.89. The molecule has 0 bridgehead atoms. The van der Waals surface area contributed by atoms with Gasteiger partial charge in [-0.3, -0.25) is 4.72 Å². The number of hydrogen-bond donors (Lipinski definition) is 2. The van der Waals surface area contributed by atoms with E-state index in [4.69, 9.17) is 11.6 Å². The van der Waals surface area contributed by atoms with Gasteiger partial charge in [0.2, 0.25) is 0 Å². The number of aromatic nitrogens is 1. The molecule has 158 valence electrons. The highest BCUT2D eigenvalue weighted by Crippen LogP contribution is 2.32. The van der Waals surface area contributed by atoms with Gasteiger partial charge in [0.1, 0.15) is 10.7 Å². The number of halogens is 2. The molecule has 2 N–H and O–H groups in total. The van der Waals surface area contributed by atoms with Crippen LogP contribution in [0.2, 0.25) is 5.02 Å². The van der Waals surface area contributed by atoms with E-state index in [-0.39, 0.29) is 16.2 Å². The van der Waals surface area contributed by atoms with Crippen LogP contribution in [0.25, 0.3) is 0 Å². The SMILES string of the molecule is O=S(=O)(Nc1nccs1)c1cc(Cl)c(N[C@@H](CN2CCC2)c2ccccc2)cc1F. The maximum Gasteiger partial charge on any atom is 0.266 e. The lowest BCUT2D eigenvalue weighted by Gasteiger charge is -2.35. The number of benzene rings is 2. The molecule has 0 spiro atoms. The summed E-state index contributed by atoms with van der Waals surface area (Å²) >= 11 is 7.46. The van der Waals surface area contributed by atoms with E-state index in [2.05, 4.69) is 19.9 Å². The average molecular weight is 467 g/mol. The molecule has 1 aliphatic rings. The van der Waals surface area contributed by atoms with E-state index in [1.807, 2.05) is 30.3 Å². The first-order valence-electron chi connectivity index (χ1n) is 9.37. The number of thiazole rings is 1. The van der Waals surface area contributed by atoms with Crippen molar-refractivity contribution < 1.29 is 12.8 Å². The van der Waals surface area contributed by atoms with Crippen molar-refractivity contribution in [2.45, 2.75) is 17.4 Å². The highest BCUT2D eigenvalue weighted by Gasteiger charge is 2.25. The fraction of sp³-hybridized carbons (Fsp3) is 0.250. The molecule has 1 aromatic heterocycles. The molecule has 0 unspecified atom stereocenters. The van der Waals surface area contributed by atoms with E-state index in [9.17, 15) is 12.8 Å². The second-order valence-corrected chi connectivity index (χ2v) is 9.92. The van der Waals surface area contributed by atoms with Gasteiger partial charge in [0.05, 0.1) is 16.8 Å². The minimum absolute atomic E-state index is 0.112. The zero-order valence-corrected chi connectivity index (χ0v) is 18.3. The number of hydrogen-bond acceptors (Lipinski definition) is 6. The number of likely N-dealkylation sites (tertiary alicyclic amines) is 1. The van der Waals surface area contributed by atoms with Crippen LogP contribution in [0.1, 0.15) is 18.0 Å². The maximum absolute atomic E-state index is 14.8. The highest BCUT2D eigenvalue weighted by atomic mass is 35.5. The summed E-state index contributed by atoms with van der Waals surface area (Å²) in [5.41, 5.74) is 1.39. The van der Waals surface area contributed by atoms with Crippen molar-refractivity contribution in [2.24, 2.45) is 0 Å². The molecule has 1 fully saturated rings. The van der Waals surface area contributed by atoms with E-state index in [1.54, 1.807) is 5.38 Å². The Morgan fingerprint density at radius 2 is 2.00 bits per heavy atom. The minimum atomic E-state index is -4.15. The second kappa shape index (κ2) is 8.89. The lowest BCUT2D eigenvalue weighted by molar-refractivity contribution is 0.174. The summed E-state index contributed by atoms with van der Waals surface area (Å²) in [7, 11) is -4.15. The predicted molar refractivity (Wildman–Crippen MR) is 118 cm³/mol. The predicted octanol–water partition coefficient (Wildman–Crippen LogP) is 4.60. The monoisotopic (exact) mass is 466 g/mol. The smallest absolute Gasteiger partial charge is 0.266 e. The van der Waals surface area contributed by atoms with Crippen LogP contribution in [0.15, 0.2) is 58.9 Å². The van der Waals surface area contributed by atoms with Crippen molar-refractivity contribution in [1.29, 1.82) is 0 Å². The standard InChI is InChI=1S/C20H20ClFN4O2S2/c21-15-11-19(30(27,28)25-20-23-7-10-29-20)16(22)12-17(15)24-18(13-26-8-4-9-26)14-5-2-1-3-6-14/h1-3,5-7,10-12,18,24H,4,8-9,13H2,(H,23,25)/t18-/m0/s1. The lowest BCUT2D eigenvalue weighted by atomic mass is 10.0. The van der Waals surface area contributed by atoms with Crippen LogP contribution in [-0.2, 0) is 10.0 Å². The van der Waals surface area contributed by atoms with Gasteiger partial charge < -0.3 is 10.2 Å². The van der Waals surface area contributed by atoms with Crippen molar-refractivity contribution in [1.82, 2.24) is 9.88 Å². The fourth-order valence-electron chi connectivity index (χ4n) is 3.22. The molecule has 4 rings (SSSR count). The normalized spacial score (nSPS) is 15.4. The first kappa shape index (κ1) is 21.0. The van der Waals surface area contributed by atoms with Crippen LogP contribution in [0.3, 0.4) is 0 Å². The number of rotatable bonds is 8. The Bertz CT molecular complexity index is 1110. The molecule has 0 amide bonds. The third kappa shape index (κ3) is 4.75. The Kier molecular flexibility index (Phi) is 6.24. The van der Waals surface area contributed by atoms with Gasteiger partial charge in [0.15, 0.2) is 5.13 Å². The van der Waals surface area contributed by atoms with Crippen LogP contribution in [0.5, 0.6) is 0 Å². The first-order chi connectivity index (χ1) is 14.4. The molecule has 1 saturated heterocycles. The summed E-state index contributed by atoms with van der Waals surface area (Å²) in [5.74, 6) is -0.887. The second-order valence-electron chi connectivity index (χ2n) is 6.97. The van der Waals surface area contributed by atoms with Crippen LogP contribution < -0.4 is 10.0 Å². The summed E-state index contributed by atoms with van der Waals surface area (Å²) in [6.07, 6.45) is 2.62.